The number of rotatable bonds is 5. The molecule has 0 fully saturated rings. The summed E-state index contributed by atoms with van der Waals surface area (Å²) in [5, 5.41) is 0. The Morgan fingerprint density at radius 2 is 1.92 bits per heavy atom. The SMILES string of the molecule is C[C@@H](OC(=O)CSc1ccccc1F)C(=O)N1CCc2ccccc21. The van der Waals surface area contributed by atoms with Crippen LogP contribution in [0, 0.1) is 5.82 Å². The van der Waals surface area contributed by atoms with Gasteiger partial charge in [0, 0.05) is 17.1 Å². The maximum atomic E-state index is 13.5. The van der Waals surface area contributed by atoms with Crippen molar-refractivity contribution in [2.45, 2.75) is 24.3 Å². The Kier molecular flexibility index (Phi) is 5.38. The van der Waals surface area contributed by atoms with Gasteiger partial charge < -0.3 is 9.64 Å². The van der Waals surface area contributed by atoms with Crippen LogP contribution in [0.25, 0.3) is 0 Å². The van der Waals surface area contributed by atoms with Gasteiger partial charge in [-0.25, -0.2) is 4.39 Å². The molecule has 0 saturated carbocycles. The molecule has 1 aliphatic rings. The van der Waals surface area contributed by atoms with E-state index in [1.165, 1.54) is 6.07 Å². The topological polar surface area (TPSA) is 46.6 Å². The summed E-state index contributed by atoms with van der Waals surface area (Å²) in [5.41, 5.74) is 1.99. The van der Waals surface area contributed by atoms with E-state index in [1.807, 2.05) is 24.3 Å². The number of ether oxygens (including phenoxy) is 1. The van der Waals surface area contributed by atoms with Gasteiger partial charge in [-0.1, -0.05) is 30.3 Å². The summed E-state index contributed by atoms with van der Waals surface area (Å²) in [6, 6.07) is 13.9. The van der Waals surface area contributed by atoms with Crippen LogP contribution < -0.4 is 4.90 Å². The number of hydrogen-bond donors (Lipinski definition) is 0. The standard InChI is InChI=1S/C19H18FNO3S/c1-13(19(23)21-11-10-14-6-2-4-8-16(14)21)24-18(22)12-25-17-9-5-3-7-15(17)20/h2-9,13H,10-12H2,1H3/t13-/m1/s1. The molecule has 3 rings (SSSR count). The molecule has 1 aliphatic heterocycles. The number of esters is 1. The fourth-order valence-corrected chi connectivity index (χ4v) is 3.49. The zero-order chi connectivity index (χ0) is 17.8. The molecule has 1 amide bonds. The first kappa shape index (κ1) is 17.5. The summed E-state index contributed by atoms with van der Waals surface area (Å²) in [7, 11) is 0. The summed E-state index contributed by atoms with van der Waals surface area (Å²) in [5.74, 6) is -1.20. The highest BCUT2D eigenvalue weighted by Crippen LogP contribution is 2.28. The molecule has 1 atom stereocenters. The van der Waals surface area contributed by atoms with E-state index in [-0.39, 0.29) is 17.5 Å². The minimum absolute atomic E-state index is 0.0465. The van der Waals surface area contributed by atoms with E-state index in [0.717, 1.165) is 29.4 Å². The van der Waals surface area contributed by atoms with Gasteiger partial charge in [0.15, 0.2) is 6.10 Å². The van der Waals surface area contributed by atoms with Crippen LogP contribution >= 0.6 is 11.8 Å². The number of para-hydroxylation sites is 1. The molecule has 1 heterocycles. The predicted molar refractivity (Wildman–Crippen MR) is 95.2 cm³/mol. The smallest absolute Gasteiger partial charge is 0.317 e. The molecular formula is C19H18FNO3S. The number of amides is 1. The van der Waals surface area contributed by atoms with Crippen LogP contribution in [0.5, 0.6) is 0 Å². The quantitative estimate of drug-likeness (QED) is 0.606. The van der Waals surface area contributed by atoms with Crippen LogP contribution in [-0.4, -0.2) is 30.3 Å². The lowest BCUT2D eigenvalue weighted by molar-refractivity contribution is -0.151. The molecule has 0 saturated heterocycles. The van der Waals surface area contributed by atoms with Crippen LogP contribution in [0.2, 0.25) is 0 Å². The average molecular weight is 359 g/mol. The van der Waals surface area contributed by atoms with Gasteiger partial charge in [-0.2, -0.15) is 0 Å². The van der Waals surface area contributed by atoms with E-state index in [9.17, 15) is 14.0 Å². The number of fused-ring (bicyclic) bond motifs is 1. The van der Waals surface area contributed by atoms with Gasteiger partial charge in [0.25, 0.3) is 5.91 Å². The van der Waals surface area contributed by atoms with Crippen molar-refractivity contribution in [2.75, 3.05) is 17.2 Å². The number of thioether (sulfide) groups is 1. The van der Waals surface area contributed by atoms with Crippen molar-refractivity contribution in [3.05, 3.63) is 59.9 Å². The highest BCUT2D eigenvalue weighted by Gasteiger charge is 2.29. The molecule has 0 aromatic heterocycles. The normalized spacial score (nSPS) is 14.1. The summed E-state index contributed by atoms with van der Waals surface area (Å²) >= 11 is 1.06. The van der Waals surface area contributed by atoms with Crippen molar-refractivity contribution in [1.29, 1.82) is 0 Å². The van der Waals surface area contributed by atoms with Gasteiger partial charge in [0.05, 0.1) is 5.75 Å². The third-order valence-electron chi connectivity index (χ3n) is 3.99. The lowest BCUT2D eigenvalue weighted by Crippen LogP contribution is -2.39. The Balaban J connectivity index is 1.55. The van der Waals surface area contributed by atoms with Crippen LogP contribution in [0.15, 0.2) is 53.4 Å². The number of nitrogens with zero attached hydrogens (tertiary/aromatic N) is 1. The minimum atomic E-state index is -0.875. The average Bonchev–Trinajstić information content (AvgIpc) is 3.04. The molecule has 0 aliphatic carbocycles. The lowest BCUT2D eigenvalue weighted by atomic mass is 10.2. The fraction of sp³-hybridized carbons (Fsp3) is 0.263. The van der Waals surface area contributed by atoms with Crippen LogP contribution in [0.1, 0.15) is 12.5 Å². The molecular weight excluding hydrogens is 341 g/mol. The van der Waals surface area contributed by atoms with Gasteiger partial charge in [-0.05, 0) is 37.1 Å². The third-order valence-corrected chi connectivity index (χ3v) is 5.01. The van der Waals surface area contributed by atoms with Crippen molar-refractivity contribution >= 4 is 29.3 Å². The Morgan fingerprint density at radius 3 is 2.72 bits per heavy atom. The molecule has 130 valence electrons. The molecule has 0 bridgehead atoms. The second-order valence-electron chi connectivity index (χ2n) is 5.72. The summed E-state index contributed by atoms with van der Waals surface area (Å²) in [4.78, 5) is 26.6. The third kappa shape index (κ3) is 4.02. The number of hydrogen-bond acceptors (Lipinski definition) is 4. The molecule has 0 radical (unpaired) electrons. The highest BCUT2D eigenvalue weighted by atomic mass is 32.2. The molecule has 25 heavy (non-hydrogen) atoms. The largest absolute Gasteiger partial charge is 0.452 e. The van der Waals surface area contributed by atoms with Gasteiger partial charge in [0.2, 0.25) is 0 Å². The number of benzene rings is 2. The van der Waals surface area contributed by atoms with E-state index in [4.69, 9.17) is 4.74 Å². The first-order chi connectivity index (χ1) is 12.1. The number of carbonyl (C=O) groups excluding carboxylic acids is 2. The summed E-state index contributed by atoms with van der Waals surface area (Å²) in [6.45, 7) is 2.15. The van der Waals surface area contributed by atoms with E-state index in [1.54, 1.807) is 30.0 Å². The molecule has 2 aromatic carbocycles. The minimum Gasteiger partial charge on any atom is -0.452 e. The van der Waals surface area contributed by atoms with E-state index in [2.05, 4.69) is 0 Å². The first-order valence-electron chi connectivity index (χ1n) is 8.02. The zero-order valence-corrected chi connectivity index (χ0v) is 14.6. The van der Waals surface area contributed by atoms with Crippen LogP contribution in [-0.2, 0) is 20.7 Å². The Labute approximate surface area is 150 Å². The zero-order valence-electron chi connectivity index (χ0n) is 13.8. The van der Waals surface area contributed by atoms with E-state index in [0.29, 0.717) is 11.4 Å². The Morgan fingerprint density at radius 1 is 1.20 bits per heavy atom. The van der Waals surface area contributed by atoms with Crippen molar-refractivity contribution < 1.29 is 18.7 Å². The van der Waals surface area contributed by atoms with E-state index < -0.39 is 12.1 Å². The highest BCUT2D eigenvalue weighted by molar-refractivity contribution is 8.00. The van der Waals surface area contributed by atoms with Gasteiger partial charge >= 0.3 is 5.97 Å². The first-order valence-corrected chi connectivity index (χ1v) is 9.01. The second-order valence-corrected chi connectivity index (χ2v) is 6.74. The van der Waals surface area contributed by atoms with Crippen LogP contribution in [0.4, 0.5) is 10.1 Å². The van der Waals surface area contributed by atoms with Crippen LogP contribution in [0.3, 0.4) is 0 Å². The molecule has 6 heteroatoms. The number of carbonyl (C=O) groups is 2. The van der Waals surface area contributed by atoms with Crippen molar-refractivity contribution in [1.82, 2.24) is 0 Å². The van der Waals surface area contributed by atoms with Gasteiger partial charge in [-0.3, -0.25) is 9.59 Å². The maximum Gasteiger partial charge on any atom is 0.317 e. The maximum absolute atomic E-state index is 13.5. The number of halogens is 1. The lowest BCUT2D eigenvalue weighted by Gasteiger charge is -2.21. The Hall–Kier alpha value is -2.34. The van der Waals surface area contributed by atoms with E-state index >= 15 is 0 Å². The Bertz CT molecular complexity index is 796. The summed E-state index contributed by atoms with van der Waals surface area (Å²) in [6.07, 6.45) is -0.0778. The van der Waals surface area contributed by atoms with Gasteiger partial charge in [-0.15, -0.1) is 11.8 Å². The predicted octanol–water partition coefficient (Wildman–Crippen LogP) is 3.44. The van der Waals surface area contributed by atoms with Crippen molar-refractivity contribution in [3.63, 3.8) is 0 Å². The number of anilines is 1. The van der Waals surface area contributed by atoms with Crippen molar-refractivity contribution in [2.24, 2.45) is 0 Å². The summed E-state index contributed by atoms with van der Waals surface area (Å²) < 4.78 is 18.8. The second kappa shape index (κ2) is 7.70. The van der Waals surface area contributed by atoms with Crippen molar-refractivity contribution in [3.8, 4) is 0 Å². The molecule has 4 nitrogen and oxygen atoms in total. The fourth-order valence-electron chi connectivity index (χ4n) is 2.77. The van der Waals surface area contributed by atoms with Gasteiger partial charge in [0.1, 0.15) is 5.82 Å². The molecule has 0 spiro atoms. The molecule has 2 aromatic rings. The molecule has 0 N–H and O–H groups in total. The monoisotopic (exact) mass is 359 g/mol. The molecule has 0 unspecified atom stereocenters.